The van der Waals surface area contributed by atoms with Crippen molar-refractivity contribution in [3.05, 3.63) is 42.2 Å². The maximum absolute atomic E-state index is 12.6. The largest absolute Gasteiger partial charge is 0.493 e. The van der Waals surface area contributed by atoms with Crippen LogP contribution in [0.1, 0.15) is 29.8 Å². The van der Waals surface area contributed by atoms with E-state index in [1.54, 1.807) is 18.0 Å². The Kier molecular flexibility index (Phi) is 3.95. The summed E-state index contributed by atoms with van der Waals surface area (Å²) in [6, 6.07) is 10.1. The molecule has 1 saturated carbocycles. The average Bonchev–Trinajstić information content (AvgIpc) is 3.20. The minimum atomic E-state index is -0.239. The van der Waals surface area contributed by atoms with Gasteiger partial charge in [0.2, 0.25) is 0 Å². The molecule has 2 aromatic rings. The first-order valence-electron chi connectivity index (χ1n) is 8.25. The fourth-order valence-electron chi connectivity index (χ4n) is 3.09. The van der Waals surface area contributed by atoms with Gasteiger partial charge in [-0.15, -0.1) is 0 Å². The van der Waals surface area contributed by atoms with Gasteiger partial charge >= 0.3 is 0 Å². The van der Waals surface area contributed by atoms with Gasteiger partial charge in [0.15, 0.2) is 11.4 Å². The summed E-state index contributed by atoms with van der Waals surface area (Å²) >= 11 is 0. The van der Waals surface area contributed by atoms with E-state index < -0.39 is 0 Å². The van der Waals surface area contributed by atoms with Gasteiger partial charge in [0.25, 0.3) is 5.91 Å². The molecule has 2 atom stereocenters. The second kappa shape index (κ2) is 6.26. The summed E-state index contributed by atoms with van der Waals surface area (Å²) < 4.78 is 6.98. The third-order valence-corrected chi connectivity index (χ3v) is 4.57. The second-order valence-corrected chi connectivity index (χ2v) is 6.32. The van der Waals surface area contributed by atoms with E-state index in [9.17, 15) is 4.79 Å². The monoisotopic (exact) mass is 327 g/mol. The molecular weight excluding hydrogens is 306 g/mol. The lowest BCUT2D eigenvalue weighted by atomic mass is 10.1. The minimum Gasteiger partial charge on any atom is -0.493 e. The van der Waals surface area contributed by atoms with Crippen LogP contribution in [0.15, 0.2) is 36.5 Å². The zero-order valence-electron chi connectivity index (χ0n) is 13.5. The summed E-state index contributed by atoms with van der Waals surface area (Å²) in [6.45, 7) is 0. The molecule has 126 valence electrons. The molecule has 1 aromatic carbocycles. The van der Waals surface area contributed by atoms with Crippen LogP contribution < -0.4 is 20.9 Å². The van der Waals surface area contributed by atoms with Crippen molar-refractivity contribution < 1.29 is 9.53 Å². The topological polar surface area (TPSA) is 80.2 Å². The van der Waals surface area contributed by atoms with Crippen LogP contribution >= 0.6 is 0 Å². The van der Waals surface area contributed by atoms with Gasteiger partial charge in [-0.05, 0) is 37.3 Å². The maximum atomic E-state index is 12.6. The summed E-state index contributed by atoms with van der Waals surface area (Å²) in [6.07, 6.45) is 5.06. The van der Waals surface area contributed by atoms with Crippen LogP contribution in [0.5, 0.6) is 5.75 Å². The molecule has 3 N–H and O–H groups in total. The predicted molar refractivity (Wildman–Crippen MR) is 88.8 cm³/mol. The Labute approximate surface area is 140 Å². The number of hydrogen-bond donors (Lipinski definition) is 3. The standard InChI is InChI=1S/C17H21N5O2/c1-24-14-10-22(12-5-3-2-4-6-12)21-16(14)17(23)18-15-9-13(19-20-15)11-7-8-11/h2-6,10-11,13,15,19-20H,7-9H2,1H3,(H,18,23). The molecule has 1 amide bonds. The van der Waals surface area contributed by atoms with Crippen LogP contribution in [0, 0.1) is 5.92 Å². The van der Waals surface area contributed by atoms with Crippen molar-refractivity contribution in [3.63, 3.8) is 0 Å². The van der Waals surface area contributed by atoms with Crippen LogP contribution in [0.3, 0.4) is 0 Å². The van der Waals surface area contributed by atoms with E-state index in [-0.39, 0.29) is 17.8 Å². The van der Waals surface area contributed by atoms with Crippen molar-refractivity contribution in [3.8, 4) is 11.4 Å². The van der Waals surface area contributed by atoms with E-state index in [0.29, 0.717) is 11.8 Å². The molecular formula is C17H21N5O2. The molecule has 2 aliphatic rings. The molecule has 2 unspecified atom stereocenters. The van der Waals surface area contributed by atoms with E-state index in [1.807, 2.05) is 30.3 Å². The highest BCUT2D eigenvalue weighted by Gasteiger charge is 2.37. The molecule has 4 rings (SSSR count). The Hall–Kier alpha value is -2.38. The van der Waals surface area contributed by atoms with Gasteiger partial charge in [-0.2, -0.15) is 5.10 Å². The fourth-order valence-corrected chi connectivity index (χ4v) is 3.09. The number of hydrazine groups is 1. The highest BCUT2D eigenvalue weighted by Crippen LogP contribution is 2.35. The fraction of sp³-hybridized carbons (Fsp3) is 0.412. The van der Waals surface area contributed by atoms with Gasteiger partial charge in [-0.1, -0.05) is 18.2 Å². The highest BCUT2D eigenvalue weighted by molar-refractivity contribution is 5.95. The maximum Gasteiger partial charge on any atom is 0.276 e. The molecule has 2 fully saturated rings. The molecule has 1 aromatic heterocycles. The first-order valence-corrected chi connectivity index (χ1v) is 8.25. The second-order valence-electron chi connectivity index (χ2n) is 6.32. The molecule has 2 heterocycles. The summed E-state index contributed by atoms with van der Waals surface area (Å²) in [5.41, 5.74) is 7.58. The number of hydrogen-bond acceptors (Lipinski definition) is 5. The number of para-hydroxylation sites is 1. The number of amides is 1. The number of nitrogens with one attached hydrogen (secondary N) is 3. The number of rotatable bonds is 5. The number of benzene rings is 1. The zero-order valence-corrected chi connectivity index (χ0v) is 13.5. The molecule has 0 bridgehead atoms. The van der Waals surface area contributed by atoms with Crippen molar-refractivity contribution in [2.45, 2.75) is 31.5 Å². The number of aromatic nitrogens is 2. The van der Waals surface area contributed by atoms with Gasteiger partial charge in [0.1, 0.15) is 0 Å². The van der Waals surface area contributed by atoms with E-state index in [1.165, 1.54) is 12.8 Å². The normalized spacial score (nSPS) is 23.2. The van der Waals surface area contributed by atoms with E-state index >= 15 is 0 Å². The molecule has 1 aliphatic heterocycles. The number of nitrogens with zero attached hydrogens (tertiary/aromatic N) is 2. The van der Waals surface area contributed by atoms with Crippen molar-refractivity contribution in [2.75, 3.05) is 7.11 Å². The van der Waals surface area contributed by atoms with E-state index in [0.717, 1.165) is 18.0 Å². The lowest BCUT2D eigenvalue weighted by Gasteiger charge is -2.11. The highest BCUT2D eigenvalue weighted by atomic mass is 16.5. The van der Waals surface area contributed by atoms with Crippen LogP contribution in [0.25, 0.3) is 5.69 Å². The first-order chi connectivity index (χ1) is 11.7. The smallest absolute Gasteiger partial charge is 0.276 e. The zero-order chi connectivity index (χ0) is 16.5. The van der Waals surface area contributed by atoms with Gasteiger partial charge in [0.05, 0.1) is 25.2 Å². The Bertz CT molecular complexity index is 726. The van der Waals surface area contributed by atoms with Crippen LogP contribution in [-0.4, -0.2) is 35.0 Å². The predicted octanol–water partition coefficient (Wildman–Crippen LogP) is 1.21. The molecule has 7 nitrogen and oxygen atoms in total. The number of methoxy groups -OCH3 is 1. The Morgan fingerprint density at radius 3 is 2.79 bits per heavy atom. The molecule has 0 radical (unpaired) electrons. The van der Waals surface area contributed by atoms with Crippen LogP contribution in [-0.2, 0) is 0 Å². The quantitative estimate of drug-likeness (QED) is 0.769. The van der Waals surface area contributed by atoms with Crippen molar-refractivity contribution in [1.82, 2.24) is 25.9 Å². The van der Waals surface area contributed by atoms with Gasteiger partial charge < -0.3 is 10.1 Å². The Morgan fingerprint density at radius 2 is 2.08 bits per heavy atom. The third kappa shape index (κ3) is 3.00. The van der Waals surface area contributed by atoms with Crippen LogP contribution in [0.4, 0.5) is 0 Å². The van der Waals surface area contributed by atoms with Gasteiger partial charge in [-0.25, -0.2) is 10.1 Å². The van der Waals surface area contributed by atoms with Crippen molar-refractivity contribution in [1.29, 1.82) is 0 Å². The molecule has 7 heteroatoms. The lowest BCUT2D eigenvalue weighted by molar-refractivity contribution is 0.0923. The minimum absolute atomic E-state index is 0.0883. The SMILES string of the molecule is COc1cn(-c2ccccc2)nc1C(=O)NC1CC(C2CC2)NN1. The molecule has 1 saturated heterocycles. The first kappa shape index (κ1) is 15.2. The van der Waals surface area contributed by atoms with E-state index in [2.05, 4.69) is 21.3 Å². The van der Waals surface area contributed by atoms with Crippen LogP contribution in [0.2, 0.25) is 0 Å². The van der Waals surface area contributed by atoms with Crippen molar-refractivity contribution in [2.24, 2.45) is 5.92 Å². The van der Waals surface area contributed by atoms with E-state index in [4.69, 9.17) is 4.74 Å². The van der Waals surface area contributed by atoms with Gasteiger partial charge in [-0.3, -0.25) is 10.2 Å². The lowest BCUT2D eigenvalue weighted by Crippen LogP contribution is -2.44. The Balaban J connectivity index is 1.48. The number of carbonyl (C=O) groups excluding carboxylic acids is 1. The average molecular weight is 327 g/mol. The van der Waals surface area contributed by atoms with Gasteiger partial charge in [0, 0.05) is 6.04 Å². The summed E-state index contributed by atoms with van der Waals surface area (Å²) in [4.78, 5) is 12.6. The summed E-state index contributed by atoms with van der Waals surface area (Å²) in [5.74, 6) is 0.963. The molecule has 24 heavy (non-hydrogen) atoms. The molecule has 0 spiro atoms. The summed E-state index contributed by atoms with van der Waals surface area (Å²) in [7, 11) is 1.54. The number of carbonyl (C=O) groups is 1. The number of ether oxygens (including phenoxy) is 1. The van der Waals surface area contributed by atoms with Crippen molar-refractivity contribution >= 4 is 5.91 Å². The summed E-state index contributed by atoms with van der Waals surface area (Å²) in [5, 5.41) is 7.37. The Morgan fingerprint density at radius 1 is 1.29 bits per heavy atom. The third-order valence-electron chi connectivity index (χ3n) is 4.57. The molecule has 1 aliphatic carbocycles.